The van der Waals surface area contributed by atoms with Crippen molar-refractivity contribution in [1.29, 1.82) is 0 Å². The molecule has 0 bridgehead atoms. The minimum atomic E-state index is 0.406. The molecule has 1 fully saturated rings. The Hall–Kier alpha value is -1.97. The molecule has 1 aliphatic rings. The highest BCUT2D eigenvalue weighted by Crippen LogP contribution is 2.36. The van der Waals surface area contributed by atoms with Crippen LogP contribution in [0.2, 0.25) is 0 Å². The van der Waals surface area contributed by atoms with Crippen LogP contribution >= 0.6 is 0 Å². The predicted molar refractivity (Wildman–Crippen MR) is 77.2 cm³/mol. The minimum absolute atomic E-state index is 0.406. The Morgan fingerprint density at radius 1 is 1.37 bits per heavy atom. The molecule has 4 nitrogen and oxygen atoms in total. The highest BCUT2D eigenvalue weighted by molar-refractivity contribution is 5.43. The number of rotatable bonds is 5. The molecule has 0 saturated carbocycles. The van der Waals surface area contributed by atoms with Crippen LogP contribution in [0.4, 0.5) is 0 Å². The van der Waals surface area contributed by atoms with Crippen molar-refractivity contribution >= 4 is 6.72 Å². The highest BCUT2D eigenvalue weighted by Gasteiger charge is 2.27. The maximum atomic E-state index is 5.45. The molecule has 1 aromatic carbocycles. The van der Waals surface area contributed by atoms with Crippen LogP contribution in [0.15, 0.2) is 35.6 Å². The summed E-state index contributed by atoms with van der Waals surface area (Å²) in [4.78, 5) is 6.05. The maximum Gasteiger partial charge on any atom is 0.122 e. The second kappa shape index (κ2) is 5.78. The van der Waals surface area contributed by atoms with Gasteiger partial charge in [0.2, 0.25) is 0 Å². The van der Waals surface area contributed by atoms with Crippen LogP contribution < -0.4 is 9.47 Å². The first kappa shape index (κ1) is 13.5. The van der Waals surface area contributed by atoms with Crippen LogP contribution in [0.3, 0.4) is 0 Å². The van der Waals surface area contributed by atoms with E-state index in [1.165, 1.54) is 5.56 Å². The van der Waals surface area contributed by atoms with Gasteiger partial charge in [0.25, 0.3) is 0 Å². The summed E-state index contributed by atoms with van der Waals surface area (Å²) < 4.78 is 10.7. The van der Waals surface area contributed by atoms with Crippen molar-refractivity contribution in [2.45, 2.75) is 12.3 Å². The van der Waals surface area contributed by atoms with Crippen molar-refractivity contribution in [2.75, 3.05) is 27.3 Å². The molecule has 0 aromatic heterocycles. The zero-order valence-corrected chi connectivity index (χ0v) is 11.6. The van der Waals surface area contributed by atoms with E-state index in [1.54, 1.807) is 14.2 Å². The zero-order valence-electron chi connectivity index (χ0n) is 11.6. The van der Waals surface area contributed by atoms with E-state index in [-0.39, 0.29) is 0 Å². The van der Waals surface area contributed by atoms with E-state index in [2.05, 4.69) is 29.3 Å². The molecule has 0 N–H and O–H groups in total. The summed E-state index contributed by atoms with van der Waals surface area (Å²) >= 11 is 0. The number of methoxy groups -OCH3 is 2. The largest absolute Gasteiger partial charge is 0.497 e. The quantitative estimate of drug-likeness (QED) is 0.763. The van der Waals surface area contributed by atoms with Crippen molar-refractivity contribution in [1.82, 2.24) is 4.90 Å². The van der Waals surface area contributed by atoms with Gasteiger partial charge in [0.05, 0.1) is 14.2 Å². The third-order valence-electron chi connectivity index (χ3n) is 3.61. The summed E-state index contributed by atoms with van der Waals surface area (Å²) in [6.07, 6.45) is 1.05. The molecule has 1 aliphatic heterocycles. The third kappa shape index (κ3) is 2.72. The Balaban J connectivity index is 2.22. The smallest absolute Gasteiger partial charge is 0.122 e. The van der Waals surface area contributed by atoms with Gasteiger partial charge in [-0.1, -0.05) is 6.58 Å². The number of aliphatic imine (C=N–C) groups is 1. The molecular formula is C15H20N2O2. The van der Waals surface area contributed by atoms with Gasteiger partial charge in [-0.3, -0.25) is 0 Å². The second-order valence-corrected chi connectivity index (χ2v) is 4.61. The van der Waals surface area contributed by atoms with E-state index in [1.807, 2.05) is 12.1 Å². The zero-order chi connectivity index (χ0) is 13.8. The monoisotopic (exact) mass is 260 g/mol. The average molecular weight is 260 g/mol. The Kier molecular flexibility index (Phi) is 4.10. The summed E-state index contributed by atoms with van der Waals surface area (Å²) in [5, 5.41) is 0. The number of hydrogen-bond donors (Lipinski definition) is 0. The normalized spacial score (nSPS) is 18.2. The molecule has 19 heavy (non-hydrogen) atoms. The molecule has 0 amide bonds. The fourth-order valence-corrected chi connectivity index (χ4v) is 2.51. The fourth-order valence-electron chi connectivity index (χ4n) is 2.51. The van der Waals surface area contributed by atoms with Crippen LogP contribution in [0, 0.1) is 0 Å². The molecule has 1 saturated heterocycles. The molecule has 1 aromatic rings. The van der Waals surface area contributed by atoms with Gasteiger partial charge in [0.15, 0.2) is 0 Å². The summed E-state index contributed by atoms with van der Waals surface area (Å²) in [7, 11) is 3.37. The van der Waals surface area contributed by atoms with Crippen molar-refractivity contribution in [2.24, 2.45) is 4.99 Å². The van der Waals surface area contributed by atoms with Crippen LogP contribution in [0.25, 0.3) is 0 Å². The van der Waals surface area contributed by atoms with E-state index in [4.69, 9.17) is 9.47 Å². The van der Waals surface area contributed by atoms with Gasteiger partial charge in [-0.25, -0.2) is 4.99 Å². The minimum Gasteiger partial charge on any atom is -0.497 e. The third-order valence-corrected chi connectivity index (χ3v) is 3.61. The molecule has 2 rings (SSSR count). The molecule has 4 heteroatoms. The van der Waals surface area contributed by atoms with E-state index in [0.29, 0.717) is 5.92 Å². The van der Waals surface area contributed by atoms with Gasteiger partial charge >= 0.3 is 0 Å². The summed E-state index contributed by atoms with van der Waals surface area (Å²) in [6, 6.07) is 5.92. The summed E-state index contributed by atoms with van der Waals surface area (Å²) in [5.41, 5.74) is 1.18. The predicted octanol–water partition coefficient (Wildman–Crippen LogP) is 2.66. The van der Waals surface area contributed by atoms with Gasteiger partial charge in [-0.2, -0.15) is 0 Å². The molecule has 0 aliphatic carbocycles. The average Bonchev–Trinajstić information content (AvgIpc) is 2.95. The second-order valence-electron chi connectivity index (χ2n) is 4.61. The highest BCUT2D eigenvalue weighted by atomic mass is 16.5. The van der Waals surface area contributed by atoms with Crippen molar-refractivity contribution in [3.05, 3.63) is 36.2 Å². The van der Waals surface area contributed by atoms with Crippen LogP contribution in [-0.4, -0.2) is 38.9 Å². The molecule has 1 atom stereocenters. The van der Waals surface area contributed by atoms with Gasteiger partial charge in [-0.05, 0) is 31.3 Å². The number of ether oxygens (including phenoxy) is 2. The SMILES string of the molecule is C=NC(=C)N1CCC(c2cc(OC)ccc2OC)C1. The fraction of sp³-hybridized carbons (Fsp3) is 0.400. The van der Waals surface area contributed by atoms with Crippen LogP contribution in [0.1, 0.15) is 17.9 Å². The van der Waals surface area contributed by atoms with Gasteiger partial charge < -0.3 is 14.4 Å². The number of nitrogens with zero attached hydrogens (tertiary/aromatic N) is 2. The first-order valence-corrected chi connectivity index (χ1v) is 6.32. The maximum absolute atomic E-state index is 5.45. The van der Waals surface area contributed by atoms with Gasteiger partial charge in [0.1, 0.15) is 17.3 Å². The Labute approximate surface area is 114 Å². The molecule has 102 valence electrons. The van der Waals surface area contributed by atoms with E-state index >= 15 is 0 Å². The standard InChI is InChI=1S/C15H20N2O2/c1-11(16-2)17-8-7-12(10-17)14-9-13(18-3)5-6-15(14)19-4/h5-6,9,12H,1-2,7-8,10H2,3-4H3. The lowest BCUT2D eigenvalue weighted by molar-refractivity contribution is 0.390. The van der Waals surface area contributed by atoms with Crippen LogP contribution in [-0.2, 0) is 0 Å². The van der Waals surface area contributed by atoms with Crippen molar-refractivity contribution in [3.63, 3.8) is 0 Å². The molecule has 0 spiro atoms. The lowest BCUT2D eigenvalue weighted by Crippen LogP contribution is -2.17. The van der Waals surface area contributed by atoms with Crippen molar-refractivity contribution in [3.8, 4) is 11.5 Å². The van der Waals surface area contributed by atoms with E-state index < -0.39 is 0 Å². The van der Waals surface area contributed by atoms with E-state index in [9.17, 15) is 0 Å². The molecule has 0 radical (unpaired) electrons. The Bertz CT molecular complexity index is 485. The number of hydrogen-bond acceptors (Lipinski definition) is 4. The van der Waals surface area contributed by atoms with Gasteiger partial charge in [0, 0.05) is 24.6 Å². The van der Waals surface area contributed by atoms with Crippen LogP contribution in [0.5, 0.6) is 11.5 Å². The summed E-state index contributed by atoms with van der Waals surface area (Å²) in [6.45, 7) is 9.27. The lowest BCUT2D eigenvalue weighted by Gasteiger charge is -2.19. The topological polar surface area (TPSA) is 34.1 Å². The number of likely N-dealkylation sites (tertiary alicyclic amines) is 1. The molecular weight excluding hydrogens is 240 g/mol. The van der Waals surface area contributed by atoms with E-state index in [0.717, 1.165) is 36.8 Å². The number of benzene rings is 1. The Morgan fingerprint density at radius 3 is 2.79 bits per heavy atom. The first-order valence-electron chi connectivity index (χ1n) is 6.32. The van der Waals surface area contributed by atoms with Gasteiger partial charge in [-0.15, -0.1) is 0 Å². The Morgan fingerprint density at radius 2 is 2.16 bits per heavy atom. The summed E-state index contributed by atoms with van der Waals surface area (Å²) in [5.74, 6) is 2.91. The lowest BCUT2D eigenvalue weighted by atomic mass is 9.97. The molecule has 1 heterocycles. The first-order chi connectivity index (χ1) is 9.19. The van der Waals surface area contributed by atoms with Crippen molar-refractivity contribution < 1.29 is 9.47 Å². The molecule has 1 unspecified atom stereocenters.